The molecule has 2 aromatic heterocycles. The molecule has 0 unspecified atom stereocenters. The minimum absolute atomic E-state index is 0.0309. The van der Waals surface area contributed by atoms with Crippen molar-refractivity contribution in [1.29, 1.82) is 5.26 Å². The van der Waals surface area contributed by atoms with E-state index in [1.165, 1.54) is 33.2 Å². The molecule has 0 bridgehead atoms. The fraction of sp³-hybridized carbons (Fsp3) is 0.0606. The van der Waals surface area contributed by atoms with E-state index in [1.807, 2.05) is 54.7 Å². The number of anilines is 1. The van der Waals surface area contributed by atoms with Crippen LogP contribution >= 0.6 is 11.3 Å². The molecule has 39 heavy (non-hydrogen) atoms. The third-order valence-electron chi connectivity index (χ3n) is 6.70. The molecule has 5 nitrogen and oxygen atoms in total. The fourth-order valence-electron chi connectivity index (χ4n) is 4.85. The van der Waals surface area contributed by atoms with E-state index in [1.54, 1.807) is 12.3 Å². The van der Waals surface area contributed by atoms with Gasteiger partial charge in [0.1, 0.15) is 11.6 Å². The maximum atomic E-state index is 13.1. The van der Waals surface area contributed by atoms with E-state index < -0.39 is 5.91 Å². The van der Waals surface area contributed by atoms with Gasteiger partial charge in [0.2, 0.25) is 0 Å². The molecule has 6 heteroatoms. The lowest BCUT2D eigenvalue weighted by atomic mass is 10.0. The van der Waals surface area contributed by atoms with E-state index in [-0.39, 0.29) is 5.57 Å². The molecule has 1 N–H and O–H groups in total. The van der Waals surface area contributed by atoms with Gasteiger partial charge in [0, 0.05) is 46.7 Å². The number of nitrogens with one attached hydrogen (secondary N) is 1. The number of amides is 1. The first-order valence-corrected chi connectivity index (χ1v) is 13.5. The van der Waals surface area contributed by atoms with Crippen molar-refractivity contribution < 1.29 is 4.79 Å². The zero-order valence-electron chi connectivity index (χ0n) is 21.0. The standard InChI is InChI=1S/C33H24N4OS/c34-19-26(17-27-22-37(21-23-9-2-1-3-10-23)31-16-7-6-15-30(27)31)32(38)36-33-35-20-28(39-33)18-25-13-8-12-24-11-4-5-14-29(24)25/h1-17,20,22H,18,21H2,(H,35,36,38). The van der Waals surface area contributed by atoms with Crippen LogP contribution in [0.15, 0.2) is 115 Å². The molecule has 6 aromatic rings. The normalized spacial score (nSPS) is 11.5. The van der Waals surface area contributed by atoms with E-state index in [2.05, 4.69) is 69.5 Å². The average molecular weight is 525 g/mol. The first kappa shape index (κ1) is 24.4. The van der Waals surface area contributed by atoms with E-state index in [0.29, 0.717) is 11.7 Å². The highest BCUT2D eigenvalue weighted by atomic mass is 32.1. The van der Waals surface area contributed by atoms with E-state index in [9.17, 15) is 10.1 Å². The monoisotopic (exact) mass is 524 g/mol. The van der Waals surface area contributed by atoms with Crippen molar-refractivity contribution in [3.05, 3.63) is 137 Å². The van der Waals surface area contributed by atoms with E-state index in [4.69, 9.17) is 0 Å². The molecule has 0 saturated heterocycles. The van der Waals surface area contributed by atoms with Crippen LogP contribution in [0.25, 0.3) is 27.8 Å². The van der Waals surface area contributed by atoms with Crippen LogP contribution in [0.3, 0.4) is 0 Å². The van der Waals surface area contributed by atoms with Crippen LogP contribution in [-0.2, 0) is 17.8 Å². The number of aromatic nitrogens is 2. The number of hydrogen-bond donors (Lipinski definition) is 1. The van der Waals surface area contributed by atoms with Crippen LogP contribution < -0.4 is 5.32 Å². The number of nitrogens with zero attached hydrogens (tertiary/aromatic N) is 3. The van der Waals surface area contributed by atoms with Crippen LogP contribution in [0.4, 0.5) is 5.13 Å². The van der Waals surface area contributed by atoms with Crippen molar-refractivity contribution in [1.82, 2.24) is 9.55 Å². The smallest absolute Gasteiger partial charge is 0.268 e. The summed E-state index contributed by atoms with van der Waals surface area (Å²) in [4.78, 5) is 18.5. The minimum Gasteiger partial charge on any atom is -0.342 e. The summed E-state index contributed by atoms with van der Waals surface area (Å²) in [6.45, 7) is 0.696. The Hall–Kier alpha value is -4.99. The van der Waals surface area contributed by atoms with Crippen LogP contribution in [0.2, 0.25) is 0 Å². The van der Waals surface area contributed by atoms with Gasteiger partial charge >= 0.3 is 0 Å². The lowest BCUT2D eigenvalue weighted by Crippen LogP contribution is -2.13. The Morgan fingerprint density at radius 2 is 1.67 bits per heavy atom. The summed E-state index contributed by atoms with van der Waals surface area (Å²) in [6, 6.07) is 34.9. The largest absolute Gasteiger partial charge is 0.342 e. The first-order valence-electron chi connectivity index (χ1n) is 12.6. The van der Waals surface area contributed by atoms with Crippen LogP contribution in [0, 0.1) is 11.3 Å². The molecule has 1 amide bonds. The molecule has 4 aromatic carbocycles. The highest BCUT2D eigenvalue weighted by Crippen LogP contribution is 2.27. The second-order valence-corrected chi connectivity index (χ2v) is 10.4. The Labute approximate surface area is 230 Å². The summed E-state index contributed by atoms with van der Waals surface area (Å²) in [7, 11) is 0. The molecule has 0 aliphatic heterocycles. The Kier molecular flexibility index (Phi) is 6.73. The van der Waals surface area contributed by atoms with Gasteiger partial charge in [-0.05, 0) is 34.0 Å². The predicted molar refractivity (Wildman–Crippen MR) is 159 cm³/mol. The number of rotatable bonds is 7. The highest BCUT2D eigenvalue weighted by Gasteiger charge is 2.15. The summed E-state index contributed by atoms with van der Waals surface area (Å²) in [5, 5.41) is 16.5. The summed E-state index contributed by atoms with van der Waals surface area (Å²) in [6.07, 6.45) is 6.16. The van der Waals surface area contributed by atoms with Gasteiger partial charge in [0.15, 0.2) is 5.13 Å². The van der Waals surface area contributed by atoms with Gasteiger partial charge in [-0.15, -0.1) is 11.3 Å². The number of para-hydroxylation sites is 1. The lowest BCUT2D eigenvalue weighted by Gasteiger charge is -2.05. The molecular formula is C33H24N4OS. The van der Waals surface area contributed by atoms with Crippen LogP contribution in [-0.4, -0.2) is 15.5 Å². The first-order chi connectivity index (χ1) is 19.2. The van der Waals surface area contributed by atoms with Gasteiger partial charge in [-0.25, -0.2) is 4.98 Å². The van der Waals surface area contributed by atoms with Crippen molar-refractivity contribution >= 4 is 50.1 Å². The Morgan fingerprint density at radius 1 is 0.923 bits per heavy atom. The summed E-state index contributed by atoms with van der Waals surface area (Å²) >= 11 is 1.42. The maximum absolute atomic E-state index is 13.1. The molecule has 0 spiro atoms. The number of nitriles is 1. The zero-order valence-corrected chi connectivity index (χ0v) is 21.9. The Morgan fingerprint density at radius 3 is 2.51 bits per heavy atom. The lowest BCUT2D eigenvalue weighted by molar-refractivity contribution is -0.112. The number of benzene rings is 4. The highest BCUT2D eigenvalue weighted by molar-refractivity contribution is 7.15. The second kappa shape index (κ2) is 10.8. The SMILES string of the molecule is N#CC(=Cc1cn(Cc2ccccc2)c2ccccc12)C(=O)Nc1ncc(Cc2cccc3ccccc23)s1. The van der Waals surface area contributed by atoms with Gasteiger partial charge in [-0.1, -0.05) is 91.0 Å². The molecule has 0 aliphatic carbocycles. The molecule has 0 radical (unpaired) electrons. The van der Waals surface area contributed by atoms with E-state index >= 15 is 0 Å². The van der Waals surface area contributed by atoms with Crippen molar-refractivity contribution in [3.8, 4) is 6.07 Å². The van der Waals surface area contributed by atoms with Crippen molar-refractivity contribution in [2.75, 3.05) is 5.32 Å². The van der Waals surface area contributed by atoms with Crippen LogP contribution in [0.1, 0.15) is 21.6 Å². The van der Waals surface area contributed by atoms with Gasteiger partial charge in [0.05, 0.1) is 0 Å². The van der Waals surface area contributed by atoms with Gasteiger partial charge < -0.3 is 4.57 Å². The van der Waals surface area contributed by atoms with Crippen molar-refractivity contribution in [2.24, 2.45) is 0 Å². The third-order valence-corrected chi connectivity index (χ3v) is 7.61. The van der Waals surface area contributed by atoms with Crippen LogP contribution in [0.5, 0.6) is 0 Å². The van der Waals surface area contributed by atoms with E-state index in [0.717, 1.165) is 27.8 Å². The molecule has 0 aliphatic rings. The Balaban J connectivity index is 1.22. The fourth-order valence-corrected chi connectivity index (χ4v) is 5.68. The predicted octanol–water partition coefficient (Wildman–Crippen LogP) is 7.44. The summed E-state index contributed by atoms with van der Waals surface area (Å²) in [5.41, 5.74) is 4.28. The van der Waals surface area contributed by atoms with Gasteiger partial charge in [-0.3, -0.25) is 10.1 Å². The summed E-state index contributed by atoms with van der Waals surface area (Å²) < 4.78 is 2.14. The van der Waals surface area contributed by atoms with Crippen molar-refractivity contribution in [3.63, 3.8) is 0 Å². The number of carbonyl (C=O) groups excluding carboxylic acids is 1. The van der Waals surface area contributed by atoms with Gasteiger partial charge in [-0.2, -0.15) is 5.26 Å². The number of thiazole rings is 1. The molecule has 2 heterocycles. The summed E-state index contributed by atoms with van der Waals surface area (Å²) in [5.74, 6) is -0.469. The molecule has 0 fully saturated rings. The third kappa shape index (κ3) is 5.22. The number of carbonyl (C=O) groups is 1. The quantitative estimate of drug-likeness (QED) is 0.174. The number of hydrogen-bond acceptors (Lipinski definition) is 4. The molecule has 0 saturated carbocycles. The molecular weight excluding hydrogens is 500 g/mol. The Bertz CT molecular complexity index is 1870. The zero-order chi connectivity index (χ0) is 26.6. The van der Waals surface area contributed by atoms with Gasteiger partial charge in [0.25, 0.3) is 5.91 Å². The molecule has 188 valence electrons. The second-order valence-electron chi connectivity index (χ2n) is 9.29. The number of fused-ring (bicyclic) bond motifs is 2. The van der Waals surface area contributed by atoms with Crippen molar-refractivity contribution in [2.45, 2.75) is 13.0 Å². The maximum Gasteiger partial charge on any atom is 0.268 e. The topological polar surface area (TPSA) is 70.7 Å². The molecule has 0 atom stereocenters. The minimum atomic E-state index is -0.469. The molecule has 6 rings (SSSR count). The average Bonchev–Trinajstić information content (AvgIpc) is 3.56.